The summed E-state index contributed by atoms with van der Waals surface area (Å²) in [5, 5.41) is 11.1. The lowest BCUT2D eigenvalue weighted by atomic mass is 9.91. The van der Waals surface area contributed by atoms with Gasteiger partial charge in [0.15, 0.2) is 11.5 Å². The number of H-pyrrole nitrogens is 1. The van der Waals surface area contributed by atoms with Crippen molar-refractivity contribution in [1.29, 1.82) is 0 Å². The van der Waals surface area contributed by atoms with E-state index in [4.69, 9.17) is 17.3 Å². The van der Waals surface area contributed by atoms with Crippen LogP contribution in [0.25, 0.3) is 11.3 Å². The number of carbonyl (C=O) groups excluding carboxylic acids is 2. The molecule has 0 aliphatic heterocycles. The number of hydrogen-bond donors (Lipinski definition) is 4. The Morgan fingerprint density at radius 2 is 1.91 bits per heavy atom. The number of alkyl halides is 3. The fourth-order valence-electron chi connectivity index (χ4n) is 4.06. The van der Waals surface area contributed by atoms with Crippen molar-refractivity contribution in [3.05, 3.63) is 52.7 Å². The average Bonchev–Trinajstić information content (AvgIpc) is 3.42. The van der Waals surface area contributed by atoms with Crippen molar-refractivity contribution in [2.24, 2.45) is 12.8 Å². The summed E-state index contributed by atoms with van der Waals surface area (Å²) in [6, 6.07) is 4.62. The number of carbonyl (C=O) groups is 2. The second-order valence-electron chi connectivity index (χ2n) is 8.41. The van der Waals surface area contributed by atoms with E-state index < -0.39 is 17.8 Å². The fourth-order valence-corrected chi connectivity index (χ4v) is 4.33. The molecule has 0 spiro atoms. The highest BCUT2D eigenvalue weighted by Gasteiger charge is 2.37. The molecule has 2 amide bonds. The first kappa shape index (κ1) is 24.7. The summed E-state index contributed by atoms with van der Waals surface area (Å²) < 4.78 is 40.8. The van der Waals surface area contributed by atoms with Crippen LogP contribution in [0, 0.1) is 0 Å². The van der Waals surface area contributed by atoms with Gasteiger partial charge in [0, 0.05) is 31.0 Å². The molecule has 5 N–H and O–H groups in total. The second-order valence-corrected chi connectivity index (χ2v) is 8.81. The van der Waals surface area contributed by atoms with Crippen molar-refractivity contribution >= 4 is 29.1 Å². The van der Waals surface area contributed by atoms with Crippen LogP contribution >= 0.6 is 11.6 Å². The van der Waals surface area contributed by atoms with E-state index in [1.54, 1.807) is 0 Å². The number of imidazole rings is 1. The van der Waals surface area contributed by atoms with Gasteiger partial charge < -0.3 is 20.9 Å². The van der Waals surface area contributed by atoms with Gasteiger partial charge in [-0.1, -0.05) is 11.6 Å². The number of nitrogens with two attached hydrogens (primary N) is 1. The van der Waals surface area contributed by atoms with E-state index in [-0.39, 0.29) is 45.7 Å². The maximum atomic E-state index is 13.2. The number of rotatable bonds is 5. The largest absolute Gasteiger partial charge is 0.435 e. The molecule has 1 fully saturated rings. The summed E-state index contributed by atoms with van der Waals surface area (Å²) in [6.45, 7) is 0. The van der Waals surface area contributed by atoms with Crippen LogP contribution in [-0.4, -0.2) is 43.6 Å². The van der Waals surface area contributed by atoms with Gasteiger partial charge in [-0.3, -0.25) is 14.7 Å². The molecule has 1 saturated carbocycles. The van der Waals surface area contributed by atoms with Gasteiger partial charge >= 0.3 is 6.18 Å². The van der Waals surface area contributed by atoms with E-state index in [1.807, 2.05) is 0 Å². The van der Waals surface area contributed by atoms with Crippen LogP contribution in [0.1, 0.15) is 52.4 Å². The van der Waals surface area contributed by atoms with Crippen molar-refractivity contribution in [2.75, 3.05) is 5.32 Å². The third kappa shape index (κ3) is 5.33. The number of amides is 2. The third-order valence-electron chi connectivity index (χ3n) is 5.95. The molecule has 186 valence electrons. The number of aromatic amines is 1. The summed E-state index contributed by atoms with van der Waals surface area (Å²) in [6.07, 6.45) is 0.867. The highest BCUT2D eigenvalue weighted by molar-refractivity contribution is 6.34. The van der Waals surface area contributed by atoms with Crippen molar-refractivity contribution in [3.63, 3.8) is 0 Å². The fraction of sp³-hybridized carbons (Fsp3) is 0.364. The normalized spacial score (nSPS) is 18.3. The topological polar surface area (TPSA) is 131 Å². The number of benzene rings is 1. The molecule has 35 heavy (non-hydrogen) atoms. The van der Waals surface area contributed by atoms with Gasteiger partial charge in [0.2, 0.25) is 0 Å². The van der Waals surface area contributed by atoms with Crippen molar-refractivity contribution in [3.8, 4) is 11.3 Å². The first-order chi connectivity index (χ1) is 16.5. The standard InChI is InChI=1S/C22H23ClF3N7O2/c1-33-17(15-9-29-32-18(15)22(24,25)26)10-28-19(33)21(35)31-13-6-7-14(16(23)8-13)20(34)30-12-4-2-11(27)3-5-12/h6-12H,2-5,27H2,1H3,(H,29,32)(H,30,34)(H,31,35)/t11-,12+. The smallest absolute Gasteiger partial charge is 0.349 e. The Balaban J connectivity index is 1.46. The quantitative estimate of drug-likeness (QED) is 0.416. The predicted octanol–water partition coefficient (Wildman–Crippen LogP) is 3.73. The predicted molar refractivity (Wildman–Crippen MR) is 123 cm³/mol. The Bertz CT molecular complexity index is 1250. The molecule has 2 heterocycles. The molecular weight excluding hydrogens is 487 g/mol. The maximum absolute atomic E-state index is 13.2. The van der Waals surface area contributed by atoms with E-state index in [0.29, 0.717) is 5.69 Å². The minimum atomic E-state index is -4.67. The minimum Gasteiger partial charge on any atom is -0.349 e. The molecule has 0 atom stereocenters. The molecule has 1 aromatic carbocycles. The Kier molecular flexibility index (Phi) is 6.86. The van der Waals surface area contributed by atoms with Gasteiger partial charge in [-0.25, -0.2) is 4.98 Å². The monoisotopic (exact) mass is 509 g/mol. The molecule has 1 aliphatic carbocycles. The van der Waals surface area contributed by atoms with E-state index in [2.05, 4.69) is 25.8 Å². The van der Waals surface area contributed by atoms with Gasteiger partial charge in [-0.2, -0.15) is 18.3 Å². The Hall–Kier alpha value is -3.38. The van der Waals surface area contributed by atoms with E-state index in [1.165, 1.54) is 29.8 Å². The Labute approximate surface area is 203 Å². The zero-order valence-electron chi connectivity index (χ0n) is 18.6. The number of halogens is 4. The minimum absolute atomic E-state index is 0.0310. The molecule has 4 rings (SSSR count). The summed E-state index contributed by atoms with van der Waals surface area (Å²) in [4.78, 5) is 29.3. The molecule has 0 bridgehead atoms. The number of nitrogens with zero attached hydrogens (tertiary/aromatic N) is 3. The summed E-state index contributed by atoms with van der Waals surface area (Å²) >= 11 is 6.29. The van der Waals surface area contributed by atoms with Crippen molar-refractivity contribution in [2.45, 2.75) is 43.9 Å². The Morgan fingerprint density at radius 1 is 1.20 bits per heavy atom. The average molecular weight is 510 g/mol. The van der Waals surface area contributed by atoms with Gasteiger partial charge in [0.25, 0.3) is 11.8 Å². The molecule has 2 aromatic heterocycles. The number of nitrogens with one attached hydrogen (secondary N) is 3. The summed E-state index contributed by atoms with van der Waals surface area (Å²) in [5.41, 5.74) is 5.18. The van der Waals surface area contributed by atoms with Gasteiger partial charge in [-0.05, 0) is 43.9 Å². The summed E-state index contributed by atoms with van der Waals surface area (Å²) in [7, 11) is 1.42. The third-order valence-corrected chi connectivity index (χ3v) is 6.27. The van der Waals surface area contributed by atoms with Crippen LogP contribution in [-0.2, 0) is 13.2 Å². The number of hydrogen-bond acceptors (Lipinski definition) is 5. The van der Waals surface area contributed by atoms with Crippen LogP contribution in [0.4, 0.5) is 18.9 Å². The van der Waals surface area contributed by atoms with Crippen molar-refractivity contribution < 1.29 is 22.8 Å². The molecule has 3 aromatic rings. The van der Waals surface area contributed by atoms with E-state index in [9.17, 15) is 22.8 Å². The first-order valence-electron chi connectivity index (χ1n) is 10.8. The highest BCUT2D eigenvalue weighted by Crippen LogP contribution is 2.35. The molecular formula is C22H23ClF3N7O2. The zero-order valence-corrected chi connectivity index (χ0v) is 19.4. The Morgan fingerprint density at radius 3 is 2.57 bits per heavy atom. The number of anilines is 1. The van der Waals surface area contributed by atoms with E-state index in [0.717, 1.165) is 38.1 Å². The van der Waals surface area contributed by atoms with Crippen LogP contribution in [0.3, 0.4) is 0 Å². The van der Waals surface area contributed by atoms with Gasteiger partial charge in [0.05, 0.1) is 28.0 Å². The van der Waals surface area contributed by atoms with Gasteiger partial charge in [0.1, 0.15) is 0 Å². The van der Waals surface area contributed by atoms with E-state index >= 15 is 0 Å². The molecule has 13 heteroatoms. The lowest BCUT2D eigenvalue weighted by Gasteiger charge is -2.27. The van der Waals surface area contributed by atoms with Gasteiger partial charge in [-0.15, -0.1) is 0 Å². The molecule has 0 radical (unpaired) electrons. The molecule has 9 nitrogen and oxygen atoms in total. The van der Waals surface area contributed by atoms with Crippen molar-refractivity contribution in [1.82, 2.24) is 25.1 Å². The zero-order chi connectivity index (χ0) is 25.3. The molecule has 0 unspecified atom stereocenters. The second kappa shape index (κ2) is 9.70. The van der Waals surface area contributed by atoms with Crippen LogP contribution < -0.4 is 16.4 Å². The van der Waals surface area contributed by atoms with Crippen LogP contribution in [0.15, 0.2) is 30.6 Å². The first-order valence-corrected chi connectivity index (χ1v) is 11.2. The highest BCUT2D eigenvalue weighted by atomic mass is 35.5. The maximum Gasteiger partial charge on any atom is 0.435 e. The van der Waals surface area contributed by atoms with Crippen LogP contribution in [0.2, 0.25) is 5.02 Å². The molecule has 1 aliphatic rings. The SMILES string of the molecule is Cn1c(-c2c[nH]nc2C(F)(F)F)cnc1C(=O)Nc1ccc(C(=O)N[C@H]2CC[C@@H](N)CC2)c(Cl)c1. The number of aromatic nitrogens is 4. The molecule has 0 saturated heterocycles. The van der Waals surface area contributed by atoms with Crippen LogP contribution in [0.5, 0.6) is 0 Å². The lowest BCUT2D eigenvalue weighted by molar-refractivity contribution is -0.140. The summed E-state index contributed by atoms with van der Waals surface area (Å²) in [5.74, 6) is -1.10. The lowest BCUT2D eigenvalue weighted by Crippen LogP contribution is -2.40.